The Morgan fingerprint density at radius 2 is 1.55 bits per heavy atom. The Hall–Kier alpha value is -4.53. The van der Waals surface area contributed by atoms with E-state index in [1.165, 1.54) is 36.4 Å². The molecule has 0 bridgehead atoms. The smallest absolute Gasteiger partial charge is 0.508 e. The number of hydrogen-bond donors (Lipinski definition) is 4. The van der Waals surface area contributed by atoms with Crippen LogP contribution in [0, 0.1) is 0 Å². The first-order valence-electron chi connectivity index (χ1n) is 10.00. The zero-order valence-corrected chi connectivity index (χ0v) is 17.7. The van der Waals surface area contributed by atoms with E-state index in [1.807, 2.05) is 0 Å². The van der Waals surface area contributed by atoms with Crippen molar-refractivity contribution in [3.05, 3.63) is 83.4 Å². The maximum absolute atomic E-state index is 12.4. The molecule has 3 aromatic carbocycles. The largest absolute Gasteiger partial charge is 0.513 e. The zero-order chi connectivity index (χ0) is 23.8. The van der Waals surface area contributed by atoms with Crippen molar-refractivity contribution in [3.8, 4) is 17.2 Å². The number of phenolic OH excluding ortho intramolecular Hbond substituents is 2. The SMILES string of the molecule is CCOC(=O)Oc1ccc(C(=O)NCc2cccc(NC(=O)c3cc(O)cc(O)c3)c2)cc1. The van der Waals surface area contributed by atoms with Crippen LogP contribution >= 0.6 is 0 Å². The molecule has 0 radical (unpaired) electrons. The number of carbonyl (C=O) groups excluding carboxylic acids is 3. The first kappa shape index (κ1) is 23.1. The van der Waals surface area contributed by atoms with Crippen molar-refractivity contribution in [2.24, 2.45) is 0 Å². The molecule has 0 aromatic heterocycles. The molecule has 0 unspecified atom stereocenters. The quantitative estimate of drug-likeness (QED) is 0.318. The molecule has 4 N–H and O–H groups in total. The van der Waals surface area contributed by atoms with Crippen molar-refractivity contribution in [2.75, 3.05) is 11.9 Å². The second-order valence-corrected chi connectivity index (χ2v) is 6.88. The predicted octanol–water partition coefficient (Wildman–Crippen LogP) is 3.82. The second kappa shape index (κ2) is 10.7. The Kier molecular flexibility index (Phi) is 7.48. The number of hydrogen-bond acceptors (Lipinski definition) is 7. The molecule has 0 saturated carbocycles. The fraction of sp³-hybridized carbons (Fsp3) is 0.125. The number of phenols is 2. The monoisotopic (exact) mass is 450 g/mol. The highest BCUT2D eigenvalue weighted by Gasteiger charge is 2.11. The van der Waals surface area contributed by atoms with Gasteiger partial charge in [-0.3, -0.25) is 9.59 Å². The van der Waals surface area contributed by atoms with Crippen LogP contribution in [0.4, 0.5) is 10.5 Å². The average molecular weight is 450 g/mol. The Bertz CT molecular complexity index is 1140. The third-order valence-corrected chi connectivity index (χ3v) is 4.38. The van der Waals surface area contributed by atoms with Crippen LogP contribution in [0.15, 0.2) is 66.7 Å². The number of carbonyl (C=O) groups is 3. The topological polar surface area (TPSA) is 134 Å². The van der Waals surface area contributed by atoms with Crippen LogP contribution in [0.2, 0.25) is 0 Å². The van der Waals surface area contributed by atoms with Crippen molar-refractivity contribution < 1.29 is 34.1 Å². The number of benzene rings is 3. The second-order valence-electron chi connectivity index (χ2n) is 6.88. The first-order valence-corrected chi connectivity index (χ1v) is 10.00. The molecule has 0 fully saturated rings. The van der Waals surface area contributed by atoms with E-state index in [4.69, 9.17) is 9.47 Å². The van der Waals surface area contributed by atoms with Crippen molar-refractivity contribution in [1.29, 1.82) is 0 Å². The summed E-state index contributed by atoms with van der Waals surface area (Å²) in [5.74, 6) is -1.03. The van der Waals surface area contributed by atoms with Gasteiger partial charge in [-0.15, -0.1) is 0 Å². The van der Waals surface area contributed by atoms with Crippen LogP contribution < -0.4 is 15.4 Å². The molecule has 0 atom stereocenters. The number of nitrogens with one attached hydrogen (secondary N) is 2. The van der Waals surface area contributed by atoms with E-state index in [0.717, 1.165) is 11.6 Å². The molecule has 3 rings (SSSR count). The number of amides is 2. The molecule has 0 spiro atoms. The number of aromatic hydroxyl groups is 2. The lowest BCUT2D eigenvalue weighted by molar-refractivity contribution is 0.0950. The van der Waals surface area contributed by atoms with Crippen LogP contribution in [0.1, 0.15) is 33.2 Å². The molecule has 9 nitrogen and oxygen atoms in total. The molecule has 170 valence electrons. The average Bonchev–Trinajstić information content (AvgIpc) is 2.78. The number of ether oxygens (including phenoxy) is 2. The van der Waals surface area contributed by atoms with Gasteiger partial charge in [0, 0.05) is 29.4 Å². The van der Waals surface area contributed by atoms with E-state index in [9.17, 15) is 24.6 Å². The highest BCUT2D eigenvalue weighted by molar-refractivity contribution is 6.04. The fourth-order valence-corrected chi connectivity index (χ4v) is 2.89. The lowest BCUT2D eigenvalue weighted by atomic mass is 10.1. The standard InChI is InChI=1S/C24H22N2O7/c1-2-32-24(31)33-21-8-6-16(7-9-21)22(29)25-14-15-4-3-5-18(10-15)26-23(30)17-11-19(27)13-20(28)12-17/h3-13,27-28H,2,14H2,1H3,(H,25,29)(H,26,30). The zero-order valence-electron chi connectivity index (χ0n) is 17.7. The van der Waals surface area contributed by atoms with Gasteiger partial charge in [-0.1, -0.05) is 12.1 Å². The number of anilines is 1. The lowest BCUT2D eigenvalue weighted by Gasteiger charge is -2.10. The van der Waals surface area contributed by atoms with Gasteiger partial charge in [-0.25, -0.2) is 4.79 Å². The normalized spacial score (nSPS) is 10.2. The Morgan fingerprint density at radius 3 is 2.21 bits per heavy atom. The summed E-state index contributed by atoms with van der Waals surface area (Å²) in [6, 6.07) is 16.5. The van der Waals surface area contributed by atoms with E-state index >= 15 is 0 Å². The van der Waals surface area contributed by atoms with Gasteiger partial charge < -0.3 is 30.3 Å². The van der Waals surface area contributed by atoms with Gasteiger partial charge in [0.15, 0.2) is 0 Å². The van der Waals surface area contributed by atoms with Crippen LogP contribution in [-0.2, 0) is 11.3 Å². The van der Waals surface area contributed by atoms with Gasteiger partial charge in [-0.05, 0) is 61.0 Å². The van der Waals surface area contributed by atoms with E-state index < -0.39 is 12.1 Å². The third-order valence-electron chi connectivity index (χ3n) is 4.38. The van der Waals surface area contributed by atoms with Crippen LogP contribution in [0.5, 0.6) is 17.2 Å². The highest BCUT2D eigenvalue weighted by atomic mass is 16.7. The molecule has 0 aliphatic rings. The van der Waals surface area contributed by atoms with E-state index in [0.29, 0.717) is 11.3 Å². The summed E-state index contributed by atoms with van der Waals surface area (Å²) in [6.07, 6.45) is -0.817. The van der Waals surface area contributed by atoms with Crippen molar-refractivity contribution in [3.63, 3.8) is 0 Å². The molecule has 3 aromatic rings. The summed E-state index contributed by atoms with van der Waals surface area (Å²) in [5.41, 5.74) is 1.69. The Morgan fingerprint density at radius 1 is 0.848 bits per heavy atom. The van der Waals surface area contributed by atoms with Gasteiger partial charge >= 0.3 is 6.16 Å². The van der Waals surface area contributed by atoms with E-state index in [2.05, 4.69) is 10.6 Å². The minimum atomic E-state index is -0.817. The van der Waals surface area contributed by atoms with Crippen LogP contribution in [0.3, 0.4) is 0 Å². The summed E-state index contributed by atoms with van der Waals surface area (Å²) >= 11 is 0. The summed E-state index contributed by atoms with van der Waals surface area (Å²) < 4.78 is 9.64. The number of rotatable bonds is 7. The maximum Gasteiger partial charge on any atom is 0.513 e. The fourth-order valence-electron chi connectivity index (χ4n) is 2.89. The predicted molar refractivity (Wildman–Crippen MR) is 119 cm³/mol. The molecule has 33 heavy (non-hydrogen) atoms. The maximum atomic E-state index is 12.4. The summed E-state index contributed by atoms with van der Waals surface area (Å²) in [5, 5.41) is 24.5. The van der Waals surface area contributed by atoms with Crippen molar-refractivity contribution in [1.82, 2.24) is 5.32 Å². The van der Waals surface area contributed by atoms with Crippen molar-refractivity contribution >= 4 is 23.7 Å². The van der Waals surface area contributed by atoms with Gasteiger partial charge in [0.25, 0.3) is 11.8 Å². The summed E-state index contributed by atoms with van der Waals surface area (Å²) in [6.45, 7) is 2.07. The summed E-state index contributed by atoms with van der Waals surface area (Å²) in [4.78, 5) is 36.1. The van der Waals surface area contributed by atoms with Gasteiger partial charge in [-0.2, -0.15) is 0 Å². The molecular formula is C24H22N2O7. The van der Waals surface area contributed by atoms with Gasteiger partial charge in [0.1, 0.15) is 17.2 Å². The minimum Gasteiger partial charge on any atom is -0.508 e. The van der Waals surface area contributed by atoms with E-state index in [-0.39, 0.29) is 41.9 Å². The Labute approximate surface area is 189 Å². The molecule has 0 heterocycles. The van der Waals surface area contributed by atoms with Crippen LogP contribution in [-0.4, -0.2) is 34.8 Å². The molecule has 0 saturated heterocycles. The van der Waals surface area contributed by atoms with E-state index in [1.54, 1.807) is 31.2 Å². The third kappa shape index (κ3) is 6.73. The highest BCUT2D eigenvalue weighted by Crippen LogP contribution is 2.21. The van der Waals surface area contributed by atoms with Crippen molar-refractivity contribution in [2.45, 2.75) is 13.5 Å². The van der Waals surface area contributed by atoms with Gasteiger partial charge in [0.2, 0.25) is 0 Å². The van der Waals surface area contributed by atoms with Crippen LogP contribution in [0.25, 0.3) is 0 Å². The Balaban J connectivity index is 1.57. The molecule has 9 heteroatoms. The molecule has 2 amide bonds. The minimum absolute atomic E-state index is 0.0987. The molecule has 0 aliphatic heterocycles. The molecular weight excluding hydrogens is 428 g/mol. The first-order chi connectivity index (χ1) is 15.8. The lowest BCUT2D eigenvalue weighted by Crippen LogP contribution is -2.22. The van der Waals surface area contributed by atoms with Gasteiger partial charge in [0.05, 0.1) is 6.61 Å². The molecule has 0 aliphatic carbocycles. The summed E-state index contributed by atoms with van der Waals surface area (Å²) in [7, 11) is 0.